The molecule has 6 atom stereocenters. The minimum Gasteiger partial charge on any atom is -0.508 e. The van der Waals surface area contributed by atoms with Crippen LogP contribution < -0.4 is 14.5 Å². The number of hydrogen-bond donors (Lipinski definition) is 1. The van der Waals surface area contributed by atoms with Crippen molar-refractivity contribution >= 4 is 46.6 Å². The first kappa shape index (κ1) is 31.1. The van der Waals surface area contributed by atoms with E-state index in [2.05, 4.69) is 0 Å². The molecule has 2 aliphatic carbocycles. The smallest absolute Gasteiger partial charge is 0.241 e. The Hall–Kier alpha value is -5.21. The first-order valence-electron chi connectivity index (χ1n) is 16.4. The van der Waals surface area contributed by atoms with Gasteiger partial charge in [0.05, 0.1) is 34.5 Å². The molecular formula is C40H33ClN2O6. The number of carbonyl (C=O) groups is 4. The van der Waals surface area contributed by atoms with E-state index in [0.29, 0.717) is 40.7 Å². The highest BCUT2D eigenvalue weighted by Crippen LogP contribution is 2.64. The predicted molar refractivity (Wildman–Crippen MR) is 184 cm³/mol. The molecule has 8 rings (SSSR count). The van der Waals surface area contributed by atoms with E-state index in [4.69, 9.17) is 16.3 Å². The van der Waals surface area contributed by atoms with Gasteiger partial charge >= 0.3 is 0 Å². The Labute approximate surface area is 288 Å². The molecule has 246 valence electrons. The fraction of sp³-hybridized carbons (Fsp3) is 0.250. The van der Waals surface area contributed by atoms with Crippen LogP contribution in [-0.2, 0) is 25.8 Å². The monoisotopic (exact) mass is 672 g/mol. The Kier molecular flexibility index (Phi) is 7.45. The van der Waals surface area contributed by atoms with Crippen molar-refractivity contribution in [2.45, 2.75) is 32.3 Å². The van der Waals surface area contributed by atoms with E-state index in [0.717, 1.165) is 11.1 Å². The summed E-state index contributed by atoms with van der Waals surface area (Å²) in [5.74, 6) is -4.33. The number of halogens is 1. The van der Waals surface area contributed by atoms with E-state index in [-0.39, 0.29) is 35.8 Å². The van der Waals surface area contributed by atoms with Crippen molar-refractivity contribution in [2.24, 2.45) is 29.1 Å². The second kappa shape index (κ2) is 11.7. The number of amides is 4. The van der Waals surface area contributed by atoms with Crippen LogP contribution in [0.5, 0.6) is 11.5 Å². The average Bonchev–Trinajstić information content (AvgIpc) is 3.48. The number of phenolic OH excluding ortho intramolecular Hbond substituents is 1. The number of rotatable bonds is 6. The lowest BCUT2D eigenvalue weighted by atomic mass is 9.51. The molecule has 49 heavy (non-hydrogen) atoms. The number of para-hydroxylation sites is 1. The third kappa shape index (κ3) is 4.80. The van der Waals surface area contributed by atoms with Gasteiger partial charge in [-0.25, -0.2) is 4.90 Å². The second-order valence-corrected chi connectivity index (χ2v) is 13.9. The van der Waals surface area contributed by atoms with E-state index in [1.807, 2.05) is 42.5 Å². The molecule has 6 unspecified atom stereocenters. The van der Waals surface area contributed by atoms with Gasteiger partial charge in [-0.2, -0.15) is 0 Å². The molecule has 4 amide bonds. The van der Waals surface area contributed by atoms with Gasteiger partial charge in [-0.05, 0) is 73.7 Å². The van der Waals surface area contributed by atoms with Crippen LogP contribution in [0.25, 0.3) is 0 Å². The zero-order valence-corrected chi connectivity index (χ0v) is 27.4. The molecule has 2 aliphatic heterocycles. The third-order valence-electron chi connectivity index (χ3n) is 10.9. The average molecular weight is 673 g/mol. The van der Waals surface area contributed by atoms with Crippen molar-refractivity contribution in [1.82, 2.24) is 0 Å². The van der Waals surface area contributed by atoms with Crippen molar-refractivity contribution in [1.29, 1.82) is 0 Å². The van der Waals surface area contributed by atoms with Crippen molar-refractivity contribution in [3.05, 3.63) is 131 Å². The van der Waals surface area contributed by atoms with Crippen LogP contribution in [0.15, 0.2) is 115 Å². The Morgan fingerprint density at radius 1 is 0.796 bits per heavy atom. The molecule has 2 saturated heterocycles. The molecule has 3 fully saturated rings. The highest BCUT2D eigenvalue weighted by atomic mass is 35.5. The lowest BCUT2D eigenvalue weighted by Crippen LogP contribution is -2.48. The van der Waals surface area contributed by atoms with Crippen LogP contribution >= 0.6 is 11.6 Å². The molecule has 1 N–H and O–H groups in total. The van der Waals surface area contributed by atoms with Gasteiger partial charge in [0.2, 0.25) is 23.6 Å². The molecule has 4 aromatic rings. The number of phenols is 1. The van der Waals surface area contributed by atoms with Crippen LogP contribution in [0.3, 0.4) is 0 Å². The second-order valence-electron chi connectivity index (χ2n) is 13.5. The van der Waals surface area contributed by atoms with Crippen molar-refractivity contribution in [3.8, 4) is 11.5 Å². The molecule has 8 nitrogen and oxygen atoms in total. The Morgan fingerprint density at radius 3 is 2.16 bits per heavy atom. The van der Waals surface area contributed by atoms with Crippen LogP contribution in [0.1, 0.15) is 36.8 Å². The van der Waals surface area contributed by atoms with E-state index in [1.54, 1.807) is 67.6 Å². The maximum absolute atomic E-state index is 14.6. The Balaban J connectivity index is 1.21. The standard InChI is InChI=1S/C40H33ClN2O6/c1-40-32(37(46)43(39(40)48)25-10-6-3-7-11-25)21-31-28(18-19-30-34(31)38(47)42(36(30)45)26-14-12-24(41)13-15-26)35(40)29-17-16-27(20-33(29)44)49-22-23-8-4-2-5-9-23/h2-18,20,30-32,34-35,44H,19,21-22H2,1H3. The highest BCUT2D eigenvalue weighted by Gasteiger charge is 2.68. The Morgan fingerprint density at radius 2 is 1.47 bits per heavy atom. The van der Waals surface area contributed by atoms with Gasteiger partial charge < -0.3 is 9.84 Å². The lowest BCUT2D eigenvalue weighted by Gasteiger charge is -2.49. The third-order valence-corrected chi connectivity index (χ3v) is 11.2. The van der Waals surface area contributed by atoms with Crippen LogP contribution in [0.4, 0.5) is 11.4 Å². The molecule has 4 aliphatic rings. The molecule has 0 bridgehead atoms. The van der Waals surface area contributed by atoms with Crippen molar-refractivity contribution < 1.29 is 29.0 Å². The summed E-state index contributed by atoms with van der Waals surface area (Å²) in [5.41, 5.74) is 1.88. The van der Waals surface area contributed by atoms with Gasteiger partial charge in [-0.15, -0.1) is 0 Å². The summed E-state index contributed by atoms with van der Waals surface area (Å²) in [6.07, 6.45) is 2.49. The Bertz CT molecular complexity index is 2030. The summed E-state index contributed by atoms with van der Waals surface area (Å²) < 4.78 is 5.99. The summed E-state index contributed by atoms with van der Waals surface area (Å²) >= 11 is 6.10. The van der Waals surface area contributed by atoms with Gasteiger partial charge in [-0.1, -0.05) is 77.8 Å². The van der Waals surface area contributed by atoms with Crippen molar-refractivity contribution in [2.75, 3.05) is 9.80 Å². The maximum Gasteiger partial charge on any atom is 0.241 e. The topological polar surface area (TPSA) is 104 Å². The van der Waals surface area contributed by atoms with E-state index in [1.165, 1.54) is 15.9 Å². The van der Waals surface area contributed by atoms with E-state index < -0.39 is 35.0 Å². The molecule has 4 aromatic carbocycles. The number of anilines is 2. The highest BCUT2D eigenvalue weighted by molar-refractivity contribution is 6.31. The number of benzene rings is 4. The van der Waals surface area contributed by atoms with Gasteiger partial charge in [0.1, 0.15) is 18.1 Å². The number of hydrogen-bond acceptors (Lipinski definition) is 6. The minimum absolute atomic E-state index is 0.0748. The van der Waals surface area contributed by atoms with Gasteiger partial charge in [0, 0.05) is 22.6 Å². The molecule has 0 aromatic heterocycles. The summed E-state index contributed by atoms with van der Waals surface area (Å²) in [7, 11) is 0. The zero-order chi connectivity index (χ0) is 34.0. The van der Waals surface area contributed by atoms with E-state index >= 15 is 0 Å². The summed E-state index contributed by atoms with van der Waals surface area (Å²) in [5, 5.41) is 12.1. The lowest BCUT2D eigenvalue weighted by molar-refractivity contribution is -0.131. The number of allylic oxidation sites excluding steroid dienone is 2. The first-order valence-corrected chi connectivity index (χ1v) is 16.8. The summed E-state index contributed by atoms with van der Waals surface area (Å²) in [6.45, 7) is 2.11. The fourth-order valence-corrected chi connectivity index (χ4v) is 8.75. The normalized spacial score (nSPS) is 27.5. The van der Waals surface area contributed by atoms with Crippen LogP contribution in [0.2, 0.25) is 5.02 Å². The predicted octanol–water partition coefficient (Wildman–Crippen LogP) is 7.06. The number of nitrogens with zero attached hydrogens (tertiary/aromatic N) is 2. The molecule has 0 spiro atoms. The quantitative estimate of drug-likeness (QED) is 0.174. The largest absolute Gasteiger partial charge is 0.508 e. The number of carbonyl (C=O) groups excluding carboxylic acids is 4. The fourth-order valence-electron chi connectivity index (χ4n) is 8.63. The van der Waals surface area contributed by atoms with Gasteiger partial charge in [0.15, 0.2) is 0 Å². The molecule has 0 radical (unpaired) electrons. The number of fused-ring (bicyclic) bond motifs is 4. The molecule has 9 heteroatoms. The van der Waals surface area contributed by atoms with Crippen LogP contribution in [0, 0.1) is 29.1 Å². The summed E-state index contributed by atoms with van der Waals surface area (Å²) in [6, 6.07) is 30.1. The molecular weight excluding hydrogens is 640 g/mol. The van der Waals surface area contributed by atoms with Crippen LogP contribution in [-0.4, -0.2) is 28.7 Å². The first-order chi connectivity index (χ1) is 23.7. The number of imide groups is 2. The SMILES string of the molecule is CC12C(=O)N(c3ccccc3)C(=O)C1CC1C(=CCC3C(=O)N(c4ccc(Cl)cc4)C(=O)C31)C2c1ccc(OCc2ccccc2)cc1O. The van der Waals surface area contributed by atoms with Gasteiger partial charge in [-0.3, -0.25) is 24.1 Å². The van der Waals surface area contributed by atoms with E-state index in [9.17, 15) is 24.3 Å². The number of aromatic hydroxyl groups is 1. The maximum atomic E-state index is 14.6. The zero-order valence-electron chi connectivity index (χ0n) is 26.7. The molecule has 1 saturated carbocycles. The minimum atomic E-state index is -1.27. The molecule has 2 heterocycles. The summed E-state index contributed by atoms with van der Waals surface area (Å²) in [4.78, 5) is 59.5. The van der Waals surface area contributed by atoms with Gasteiger partial charge in [0.25, 0.3) is 0 Å². The number of ether oxygens (including phenoxy) is 1. The van der Waals surface area contributed by atoms with Crippen molar-refractivity contribution in [3.63, 3.8) is 0 Å².